The Labute approximate surface area is 146 Å². The topological polar surface area (TPSA) is 64.0 Å². The summed E-state index contributed by atoms with van der Waals surface area (Å²) < 4.78 is 1.67. The number of nitrogens with one attached hydrogen (secondary N) is 1. The Bertz CT molecular complexity index is 783. The van der Waals surface area contributed by atoms with Gasteiger partial charge in [-0.1, -0.05) is 37.7 Å². The number of amides is 1. The number of carbonyl (C=O) groups is 1. The van der Waals surface area contributed by atoms with Crippen LogP contribution in [0.4, 0.5) is 0 Å². The van der Waals surface area contributed by atoms with E-state index in [-0.39, 0.29) is 22.8 Å². The Morgan fingerprint density at radius 2 is 1.88 bits per heavy atom. The third kappa shape index (κ3) is 4.17. The lowest BCUT2D eigenvalue weighted by Gasteiger charge is -2.18. The minimum Gasteiger partial charge on any atom is -0.355 e. The Kier molecular flexibility index (Phi) is 6.04. The lowest BCUT2D eigenvalue weighted by atomic mass is 10.2. The molecule has 1 aromatic carbocycles. The van der Waals surface area contributed by atoms with Crippen LogP contribution in [-0.2, 0) is 4.79 Å². The Morgan fingerprint density at radius 3 is 2.50 bits per heavy atom. The minimum atomic E-state index is -0.318. The number of aromatic nitrogens is 2. The van der Waals surface area contributed by atoms with Gasteiger partial charge in [0.1, 0.15) is 0 Å². The van der Waals surface area contributed by atoms with E-state index in [1.54, 1.807) is 10.6 Å². The van der Waals surface area contributed by atoms with Crippen molar-refractivity contribution in [3.63, 3.8) is 0 Å². The summed E-state index contributed by atoms with van der Waals surface area (Å²) in [7, 11) is 0. The van der Waals surface area contributed by atoms with Crippen LogP contribution in [-0.4, -0.2) is 27.3 Å². The van der Waals surface area contributed by atoms with E-state index in [1.165, 1.54) is 11.8 Å². The van der Waals surface area contributed by atoms with Crippen LogP contribution in [0.5, 0.6) is 0 Å². The van der Waals surface area contributed by atoms with Gasteiger partial charge in [0.05, 0.1) is 16.2 Å². The molecule has 0 saturated carbocycles. The van der Waals surface area contributed by atoms with Gasteiger partial charge in [0.15, 0.2) is 5.16 Å². The number of hydrogen-bond acceptors (Lipinski definition) is 4. The molecule has 0 saturated heterocycles. The molecular weight excluding hydrogens is 322 g/mol. The molecule has 130 valence electrons. The van der Waals surface area contributed by atoms with Crippen molar-refractivity contribution in [1.29, 1.82) is 0 Å². The highest BCUT2D eigenvalue weighted by molar-refractivity contribution is 8.00. The lowest BCUT2D eigenvalue weighted by molar-refractivity contribution is -0.120. The monoisotopic (exact) mass is 347 g/mol. The maximum absolute atomic E-state index is 12.8. The van der Waals surface area contributed by atoms with Crippen molar-refractivity contribution in [1.82, 2.24) is 14.9 Å². The van der Waals surface area contributed by atoms with Crippen molar-refractivity contribution in [2.45, 2.75) is 51.1 Å². The molecule has 1 amide bonds. The highest BCUT2D eigenvalue weighted by Gasteiger charge is 2.20. The predicted molar refractivity (Wildman–Crippen MR) is 99.6 cm³/mol. The summed E-state index contributed by atoms with van der Waals surface area (Å²) in [5, 5.41) is 3.80. The first kappa shape index (κ1) is 18.5. The Balaban J connectivity index is 2.35. The number of para-hydroxylation sites is 1. The molecule has 0 unspecified atom stereocenters. The number of carbonyl (C=O) groups excluding carboxylic acids is 1. The summed E-state index contributed by atoms with van der Waals surface area (Å²) in [4.78, 5) is 29.6. The maximum atomic E-state index is 12.8. The fraction of sp³-hybridized carbons (Fsp3) is 0.500. The first-order chi connectivity index (χ1) is 11.3. The van der Waals surface area contributed by atoms with Crippen LogP contribution in [0.1, 0.15) is 40.7 Å². The van der Waals surface area contributed by atoms with Gasteiger partial charge in [-0.05, 0) is 38.8 Å². The Morgan fingerprint density at radius 1 is 1.21 bits per heavy atom. The first-order valence-corrected chi connectivity index (χ1v) is 9.14. The van der Waals surface area contributed by atoms with E-state index < -0.39 is 0 Å². The van der Waals surface area contributed by atoms with Gasteiger partial charge in [0, 0.05) is 12.6 Å². The molecule has 1 N–H and O–H groups in total. The molecular formula is C18H25N3O2S. The van der Waals surface area contributed by atoms with Crippen LogP contribution < -0.4 is 10.9 Å². The minimum absolute atomic E-state index is 0.0250. The smallest absolute Gasteiger partial charge is 0.262 e. The van der Waals surface area contributed by atoms with E-state index in [1.807, 2.05) is 39.0 Å². The lowest BCUT2D eigenvalue weighted by Crippen LogP contribution is -2.34. The van der Waals surface area contributed by atoms with E-state index in [0.29, 0.717) is 28.5 Å². The molecule has 6 heteroatoms. The first-order valence-electron chi connectivity index (χ1n) is 8.27. The van der Waals surface area contributed by atoms with Crippen molar-refractivity contribution >= 4 is 28.6 Å². The van der Waals surface area contributed by atoms with Crippen molar-refractivity contribution in [3.05, 3.63) is 34.6 Å². The fourth-order valence-corrected chi connectivity index (χ4v) is 3.39. The van der Waals surface area contributed by atoms with Crippen molar-refractivity contribution in [2.24, 2.45) is 5.92 Å². The van der Waals surface area contributed by atoms with Crippen LogP contribution in [0, 0.1) is 5.92 Å². The third-order valence-corrected chi connectivity index (χ3v) is 4.69. The molecule has 2 rings (SSSR count). The summed E-state index contributed by atoms with van der Waals surface area (Å²) in [5.74, 6) is 0.366. The van der Waals surface area contributed by atoms with Crippen molar-refractivity contribution in [2.75, 3.05) is 6.54 Å². The van der Waals surface area contributed by atoms with Crippen LogP contribution in [0.15, 0.2) is 34.2 Å². The van der Waals surface area contributed by atoms with Crippen molar-refractivity contribution < 1.29 is 4.79 Å². The highest BCUT2D eigenvalue weighted by atomic mass is 32.2. The molecule has 0 fully saturated rings. The average molecular weight is 347 g/mol. The predicted octanol–water partition coefficient (Wildman–Crippen LogP) is 3.23. The number of nitrogens with zero attached hydrogens (tertiary/aromatic N) is 2. The molecule has 0 aliphatic rings. The summed E-state index contributed by atoms with van der Waals surface area (Å²) in [5.41, 5.74) is 0.601. The van der Waals surface area contributed by atoms with E-state index in [4.69, 9.17) is 0 Å². The summed E-state index contributed by atoms with van der Waals surface area (Å²) in [6.45, 7) is 10.5. The van der Waals surface area contributed by atoms with E-state index in [0.717, 1.165) is 0 Å². The van der Waals surface area contributed by atoms with E-state index >= 15 is 0 Å². The molecule has 0 spiro atoms. The largest absolute Gasteiger partial charge is 0.355 e. The molecule has 0 aliphatic carbocycles. The molecule has 2 aromatic rings. The number of benzene rings is 1. The van der Waals surface area contributed by atoms with Crippen LogP contribution in [0.3, 0.4) is 0 Å². The van der Waals surface area contributed by atoms with Gasteiger partial charge in [-0.3, -0.25) is 14.2 Å². The quantitative estimate of drug-likeness (QED) is 0.644. The van der Waals surface area contributed by atoms with Crippen molar-refractivity contribution in [3.8, 4) is 0 Å². The Hall–Kier alpha value is -1.82. The maximum Gasteiger partial charge on any atom is 0.262 e. The van der Waals surface area contributed by atoms with Gasteiger partial charge in [0.25, 0.3) is 5.56 Å². The van der Waals surface area contributed by atoms with Gasteiger partial charge in [-0.15, -0.1) is 0 Å². The zero-order valence-corrected chi connectivity index (χ0v) is 15.7. The molecule has 1 aromatic heterocycles. The second-order valence-corrected chi connectivity index (χ2v) is 7.89. The molecule has 1 heterocycles. The molecule has 0 radical (unpaired) electrons. The van der Waals surface area contributed by atoms with Gasteiger partial charge < -0.3 is 5.32 Å². The van der Waals surface area contributed by atoms with Gasteiger partial charge in [-0.2, -0.15) is 0 Å². The molecule has 0 aliphatic heterocycles. The number of rotatable bonds is 6. The highest BCUT2D eigenvalue weighted by Crippen LogP contribution is 2.24. The number of hydrogen-bond donors (Lipinski definition) is 1. The SMILES string of the molecule is CC(C)CNC(=O)[C@@H](C)Sc1nc2ccccc2c(=O)n1C(C)C. The molecule has 24 heavy (non-hydrogen) atoms. The normalized spacial score (nSPS) is 12.8. The standard InChI is InChI=1S/C18H25N3O2S/c1-11(2)10-19-16(22)13(5)24-18-20-15-9-7-6-8-14(15)17(23)21(18)12(3)4/h6-9,11-13H,10H2,1-5H3,(H,19,22)/t13-/m1/s1. The fourth-order valence-electron chi connectivity index (χ4n) is 2.32. The van der Waals surface area contributed by atoms with Crippen LogP contribution in [0.25, 0.3) is 10.9 Å². The van der Waals surface area contributed by atoms with E-state index in [2.05, 4.69) is 24.1 Å². The zero-order chi connectivity index (χ0) is 17.9. The van der Waals surface area contributed by atoms with Gasteiger partial charge >= 0.3 is 0 Å². The van der Waals surface area contributed by atoms with Gasteiger partial charge in [0.2, 0.25) is 5.91 Å². The second-order valence-electron chi connectivity index (χ2n) is 6.58. The molecule has 1 atom stereocenters. The third-order valence-electron chi connectivity index (χ3n) is 3.63. The van der Waals surface area contributed by atoms with Gasteiger partial charge in [-0.25, -0.2) is 4.98 Å². The van der Waals surface area contributed by atoms with Crippen LogP contribution >= 0.6 is 11.8 Å². The summed E-state index contributed by atoms with van der Waals surface area (Å²) in [6, 6.07) is 7.29. The number of thioether (sulfide) groups is 1. The summed E-state index contributed by atoms with van der Waals surface area (Å²) >= 11 is 1.33. The molecule has 5 nitrogen and oxygen atoms in total. The average Bonchev–Trinajstić information content (AvgIpc) is 2.52. The van der Waals surface area contributed by atoms with Crippen LogP contribution in [0.2, 0.25) is 0 Å². The summed E-state index contributed by atoms with van der Waals surface area (Å²) in [6.07, 6.45) is 0. The van der Waals surface area contributed by atoms with E-state index in [9.17, 15) is 9.59 Å². The second kappa shape index (κ2) is 7.83. The zero-order valence-electron chi connectivity index (χ0n) is 14.9. The molecule has 0 bridgehead atoms. The number of fused-ring (bicyclic) bond motifs is 1.